The number of ketones is 1. The van der Waals surface area contributed by atoms with Gasteiger partial charge in [0.2, 0.25) is 11.2 Å². The second-order valence-corrected chi connectivity index (χ2v) is 6.93. The zero-order valence-corrected chi connectivity index (χ0v) is 15.6. The summed E-state index contributed by atoms with van der Waals surface area (Å²) in [5.41, 5.74) is 0.772. The van der Waals surface area contributed by atoms with Crippen LogP contribution in [0.15, 0.2) is 86.5 Å². The van der Waals surface area contributed by atoms with Crippen molar-refractivity contribution < 1.29 is 14.3 Å². The van der Waals surface area contributed by atoms with Gasteiger partial charge in [-0.1, -0.05) is 58.4 Å². The smallest absolute Gasteiger partial charge is 0.204 e. The summed E-state index contributed by atoms with van der Waals surface area (Å²) in [4.78, 5) is 26.3. The molecule has 4 rings (SSSR count). The van der Waals surface area contributed by atoms with Gasteiger partial charge in [0.05, 0.1) is 5.39 Å². The first-order valence-electron chi connectivity index (χ1n) is 8.20. The maximum absolute atomic E-state index is 13.1. The van der Waals surface area contributed by atoms with Gasteiger partial charge in [-0.3, -0.25) is 9.59 Å². The molecule has 4 aromatic rings. The minimum absolute atomic E-state index is 0.0189. The Morgan fingerprint density at radius 1 is 0.926 bits per heavy atom. The largest absolute Gasteiger partial charge is 0.508 e. The fourth-order valence-corrected chi connectivity index (χ4v) is 3.19. The predicted octanol–water partition coefficient (Wildman–Crippen LogP) is 5.16. The third-order valence-electron chi connectivity index (χ3n) is 4.25. The molecule has 0 saturated heterocycles. The number of carbonyl (C=O) groups excluding carboxylic acids is 1. The molecule has 0 radical (unpaired) electrons. The Morgan fingerprint density at radius 3 is 2.33 bits per heavy atom. The normalized spacial score (nSPS) is 10.9. The number of rotatable bonds is 3. The molecule has 1 aromatic heterocycles. The molecule has 0 atom stereocenters. The van der Waals surface area contributed by atoms with Crippen LogP contribution in [-0.4, -0.2) is 10.9 Å². The van der Waals surface area contributed by atoms with Gasteiger partial charge in [0.15, 0.2) is 0 Å². The summed E-state index contributed by atoms with van der Waals surface area (Å²) in [5.74, 6) is -0.244. The molecule has 3 aromatic carbocycles. The lowest BCUT2D eigenvalue weighted by Gasteiger charge is -2.10. The monoisotopic (exact) mass is 420 g/mol. The van der Waals surface area contributed by atoms with Crippen LogP contribution in [0, 0.1) is 0 Å². The molecule has 0 bridgehead atoms. The number of benzene rings is 3. The van der Waals surface area contributed by atoms with Crippen molar-refractivity contribution in [3.63, 3.8) is 0 Å². The third-order valence-corrected chi connectivity index (χ3v) is 4.77. The highest BCUT2D eigenvalue weighted by molar-refractivity contribution is 9.10. The first-order chi connectivity index (χ1) is 13.0. The number of carbonyl (C=O) groups is 1. The van der Waals surface area contributed by atoms with Crippen molar-refractivity contribution in [1.29, 1.82) is 0 Å². The predicted molar refractivity (Wildman–Crippen MR) is 107 cm³/mol. The van der Waals surface area contributed by atoms with Gasteiger partial charge in [0.25, 0.3) is 0 Å². The van der Waals surface area contributed by atoms with E-state index in [1.165, 1.54) is 18.2 Å². The van der Waals surface area contributed by atoms with E-state index >= 15 is 0 Å². The number of phenolic OH excluding ortho intramolecular Hbond substituents is 1. The second kappa shape index (κ2) is 6.85. The number of fused-ring (bicyclic) bond motifs is 1. The van der Waals surface area contributed by atoms with Gasteiger partial charge >= 0.3 is 0 Å². The Morgan fingerprint density at radius 2 is 1.63 bits per heavy atom. The van der Waals surface area contributed by atoms with Gasteiger partial charge in [0.1, 0.15) is 22.7 Å². The van der Waals surface area contributed by atoms with Crippen molar-refractivity contribution in [2.75, 3.05) is 0 Å². The van der Waals surface area contributed by atoms with Gasteiger partial charge in [-0.05, 0) is 24.3 Å². The minimum Gasteiger partial charge on any atom is -0.508 e. The molecule has 27 heavy (non-hydrogen) atoms. The first-order valence-corrected chi connectivity index (χ1v) is 8.99. The Kier molecular flexibility index (Phi) is 4.38. The molecule has 0 amide bonds. The van der Waals surface area contributed by atoms with Gasteiger partial charge in [-0.25, -0.2) is 0 Å². The molecule has 1 N–H and O–H groups in total. The lowest BCUT2D eigenvalue weighted by molar-refractivity contribution is 0.103. The van der Waals surface area contributed by atoms with E-state index in [2.05, 4.69) is 15.9 Å². The molecule has 0 fully saturated rings. The van der Waals surface area contributed by atoms with Crippen LogP contribution in [0.1, 0.15) is 15.9 Å². The van der Waals surface area contributed by atoms with Crippen LogP contribution in [0.4, 0.5) is 0 Å². The van der Waals surface area contributed by atoms with E-state index in [4.69, 9.17) is 4.42 Å². The van der Waals surface area contributed by atoms with Gasteiger partial charge in [-0.15, -0.1) is 0 Å². The zero-order valence-electron chi connectivity index (χ0n) is 14.0. The number of hydrogen-bond acceptors (Lipinski definition) is 4. The summed E-state index contributed by atoms with van der Waals surface area (Å²) >= 11 is 3.37. The molecule has 132 valence electrons. The van der Waals surface area contributed by atoms with E-state index in [-0.39, 0.29) is 28.0 Å². The van der Waals surface area contributed by atoms with E-state index in [1.807, 2.05) is 0 Å². The lowest BCUT2D eigenvalue weighted by atomic mass is 9.97. The SMILES string of the molecule is O=C(c1ccccc1)c1c(-c2ccc(Br)cc2)oc2cc(O)ccc2c1=O. The van der Waals surface area contributed by atoms with Crippen LogP contribution < -0.4 is 5.43 Å². The Balaban J connectivity index is 2.05. The Labute approximate surface area is 162 Å². The molecule has 0 spiro atoms. The van der Waals surface area contributed by atoms with Crippen LogP contribution in [0.25, 0.3) is 22.3 Å². The molecule has 0 saturated carbocycles. The Hall–Kier alpha value is -3.18. The van der Waals surface area contributed by atoms with E-state index < -0.39 is 11.2 Å². The Bertz CT molecular complexity index is 1210. The zero-order chi connectivity index (χ0) is 19.0. The fourth-order valence-electron chi connectivity index (χ4n) is 2.93. The summed E-state index contributed by atoms with van der Waals surface area (Å²) < 4.78 is 6.79. The second-order valence-electron chi connectivity index (χ2n) is 6.02. The molecule has 5 heteroatoms. The van der Waals surface area contributed by atoms with E-state index in [9.17, 15) is 14.7 Å². The topological polar surface area (TPSA) is 67.5 Å². The quantitative estimate of drug-likeness (QED) is 0.464. The van der Waals surface area contributed by atoms with Gasteiger partial charge in [0, 0.05) is 21.7 Å². The van der Waals surface area contributed by atoms with Crippen LogP contribution in [-0.2, 0) is 0 Å². The highest BCUT2D eigenvalue weighted by Crippen LogP contribution is 2.30. The van der Waals surface area contributed by atoms with Crippen LogP contribution in [0.3, 0.4) is 0 Å². The summed E-state index contributed by atoms with van der Waals surface area (Å²) in [6.45, 7) is 0. The summed E-state index contributed by atoms with van der Waals surface area (Å²) in [6, 6.07) is 20.0. The molecule has 0 aliphatic heterocycles. The van der Waals surface area contributed by atoms with Crippen molar-refractivity contribution in [2.24, 2.45) is 0 Å². The average Bonchev–Trinajstić information content (AvgIpc) is 2.68. The number of hydrogen-bond donors (Lipinski definition) is 1. The number of halogens is 1. The van der Waals surface area contributed by atoms with Crippen molar-refractivity contribution in [1.82, 2.24) is 0 Å². The standard InChI is InChI=1S/C22H13BrO4/c23-15-8-6-14(7-9-15)22-19(20(25)13-4-2-1-3-5-13)21(26)17-11-10-16(24)12-18(17)27-22/h1-12,24H. The lowest BCUT2D eigenvalue weighted by Crippen LogP contribution is -2.18. The molecule has 0 aliphatic carbocycles. The molecular weight excluding hydrogens is 408 g/mol. The van der Waals surface area contributed by atoms with Crippen LogP contribution in [0.5, 0.6) is 5.75 Å². The highest BCUT2D eigenvalue weighted by atomic mass is 79.9. The maximum Gasteiger partial charge on any atom is 0.204 e. The fraction of sp³-hybridized carbons (Fsp3) is 0. The van der Waals surface area contributed by atoms with Crippen molar-refractivity contribution in [3.05, 3.63) is 98.6 Å². The van der Waals surface area contributed by atoms with Gasteiger partial charge < -0.3 is 9.52 Å². The molecule has 0 unspecified atom stereocenters. The number of phenols is 1. The summed E-state index contributed by atoms with van der Waals surface area (Å²) in [6.07, 6.45) is 0. The van der Waals surface area contributed by atoms with E-state index in [0.29, 0.717) is 11.1 Å². The van der Waals surface area contributed by atoms with Gasteiger partial charge in [-0.2, -0.15) is 0 Å². The molecule has 1 heterocycles. The number of aromatic hydroxyl groups is 1. The highest BCUT2D eigenvalue weighted by Gasteiger charge is 2.23. The molecule has 0 aliphatic rings. The summed E-state index contributed by atoms with van der Waals surface area (Å²) in [5, 5.41) is 9.98. The van der Waals surface area contributed by atoms with E-state index in [0.717, 1.165) is 4.47 Å². The van der Waals surface area contributed by atoms with Crippen LogP contribution in [0.2, 0.25) is 0 Å². The first kappa shape index (κ1) is 17.2. The van der Waals surface area contributed by atoms with Crippen molar-refractivity contribution in [3.8, 4) is 17.1 Å². The van der Waals surface area contributed by atoms with E-state index in [1.54, 1.807) is 54.6 Å². The van der Waals surface area contributed by atoms with Crippen molar-refractivity contribution in [2.45, 2.75) is 0 Å². The van der Waals surface area contributed by atoms with Crippen molar-refractivity contribution >= 4 is 32.7 Å². The summed E-state index contributed by atoms with van der Waals surface area (Å²) in [7, 11) is 0. The maximum atomic E-state index is 13.1. The molecular formula is C22H13BrO4. The third kappa shape index (κ3) is 3.17. The minimum atomic E-state index is -0.428. The average molecular weight is 421 g/mol. The van der Waals surface area contributed by atoms with Crippen LogP contribution >= 0.6 is 15.9 Å². The molecule has 4 nitrogen and oxygen atoms in total.